The summed E-state index contributed by atoms with van der Waals surface area (Å²) in [5.74, 6) is 1.26. The molecule has 0 aliphatic carbocycles. The highest BCUT2D eigenvalue weighted by atomic mass is 32.2. The Morgan fingerprint density at radius 3 is 3.05 bits per heavy atom. The zero-order chi connectivity index (χ0) is 14.8. The molecule has 1 aliphatic heterocycles. The highest BCUT2D eigenvalue weighted by Gasteiger charge is 2.30. The molecular weight excluding hydrogens is 284 g/mol. The van der Waals surface area contributed by atoms with Crippen molar-refractivity contribution in [2.45, 2.75) is 24.2 Å². The quantitative estimate of drug-likeness (QED) is 0.885. The summed E-state index contributed by atoms with van der Waals surface area (Å²) in [6.07, 6.45) is 4.48. The van der Waals surface area contributed by atoms with Crippen molar-refractivity contribution < 1.29 is 4.79 Å². The van der Waals surface area contributed by atoms with Gasteiger partial charge in [0.2, 0.25) is 0 Å². The van der Waals surface area contributed by atoms with Crippen LogP contribution in [0.1, 0.15) is 34.1 Å². The van der Waals surface area contributed by atoms with Crippen LogP contribution >= 0.6 is 11.8 Å². The number of amides is 1. The maximum absolute atomic E-state index is 12.7. The molecule has 1 aromatic carbocycles. The summed E-state index contributed by atoms with van der Waals surface area (Å²) in [7, 11) is 0. The Hall–Kier alpha value is -1.82. The van der Waals surface area contributed by atoms with Crippen molar-refractivity contribution >= 4 is 17.7 Å². The minimum atomic E-state index is 0.116. The maximum Gasteiger partial charge on any atom is 0.254 e. The lowest BCUT2D eigenvalue weighted by molar-refractivity contribution is 0.0789. The number of H-pyrrole nitrogens is 1. The lowest BCUT2D eigenvalue weighted by Crippen LogP contribution is -2.29. The van der Waals surface area contributed by atoms with Crippen LogP contribution in [0.3, 0.4) is 0 Å². The monoisotopic (exact) mass is 302 g/mol. The minimum absolute atomic E-state index is 0.116. The number of nitrogens with zero attached hydrogens (tertiary/aromatic N) is 3. The van der Waals surface area contributed by atoms with Crippen molar-refractivity contribution in [2.75, 3.05) is 19.3 Å². The average molecular weight is 302 g/mol. The van der Waals surface area contributed by atoms with Crippen LogP contribution < -0.4 is 0 Å². The highest BCUT2D eigenvalue weighted by molar-refractivity contribution is 7.98. The minimum Gasteiger partial charge on any atom is -0.338 e. The Morgan fingerprint density at radius 1 is 1.48 bits per heavy atom. The summed E-state index contributed by atoms with van der Waals surface area (Å²) in [5.41, 5.74) is 1.83. The third-order valence-electron chi connectivity index (χ3n) is 3.97. The van der Waals surface area contributed by atoms with E-state index in [4.69, 9.17) is 0 Å². The molecule has 1 N–H and O–H groups in total. The predicted molar refractivity (Wildman–Crippen MR) is 82.6 cm³/mol. The standard InChI is InChI=1S/C15H18N4OS/c1-10-3-4-12(21-2)7-13(10)15(20)19-6-5-11(8-19)14-16-9-17-18-14/h3-4,7,9,11H,5-6,8H2,1-2H3,(H,16,17,18). The summed E-state index contributed by atoms with van der Waals surface area (Å²) < 4.78 is 0. The number of likely N-dealkylation sites (tertiary alicyclic amines) is 1. The lowest BCUT2D eigenvalue weighted by Gasteiger charge is -2.18. The molecule has 110 valence electrons. The van der Waals surface area contributed by atoms with E-state index in [1.54, 1.807) is 11.8 Å². The van der Waals surface area contributed by atoms with Crippen LogP contribution in [0.25, 0.3) is 0 Å². The van der Waals surface area contributed by atoms with E-state index in [1.165, 1.54) is 6.33 Å². The number of benzene rings is 1. The zero-order valence-electron chi connectivity index (χ0n) is 12.2. The Balaban J connectivity index is 1.77. The fourth-order valence-corrected chi connectivity index (χ4v) is 3.15. The number of hydrogen-bond donors (Lipinski definition) is 1. The number of rotatable bonds is 3. The normalized spacial score (nSPS) is 18.2. The van der Waals surface area contributed by atoms with Crippen LogP contribution in [0.2, 0.25) is 0 Å². The summed E-state index contributed by atoms with van der Waals surface area (Å²) >= 11 is 1.66. The first-order valence-corrected chi connectivity index (χ1v) is 8.20. The van der Waals surface area contributed by atoms with Gasteiger partial charge in [0, 0.05) is 29.5 Å². The smallest absolute Gasteiger partial charge is 0.254 e. The van der Waals surface area contributed by atoms with Crippen molar-refractivity contribution in [3.63, 3.8) is 0 Å². The lowest BCUT2D eigenvalue weighted by atomic mass is 10.1. The first-order valence-electron chi connectivity index (χ1n) is 6.98. The Labute approximate surface area is 128 Å². The summed E-state index contributed by atoms with van der Waals surface area (Å²) in [5, 5.41) is 6.79. The average Bonchev–Trinajstić information content (AvgIpc) is 3.18. The van der Waals surface area contributed by atoms with Crippen molar-refractivity contribution in [1.29, 1.82) is 0 Å². The second kappa shape index (κ2) is 5.89. The van der Waals surface area contributed by atoms with Crippen LogP contribution in [0.4, 0.5) is 0 Å². The van der Waals surface area contributed by atoms with Crippen molar-refractivity contribution in [2.24, 2.45) is 0 Å². The molecule has 21 heavy (non-hydrogen) atoms. The number of aromatic amines is 1. The third-order valence-corrected chi connectivity index (χ3v) is 4.70. The molecule has 6 heteroatoms. The van der Waals surface area contributed by atoms with Crippen molar-refractivity contribution in [3.05, 3.63) is 41.5 Å². The van der Waals surface area contributed by atoms with Crippen LogP contribution in [-0.4, -0.2) is 45.3 Å². The van der Waals surface area contributed by atoms with Gasteiger partial charge >= 0.3 is 0 Å². The molecule has 3 rings (SSSR count). The number of hydrogen-bond acceptors (Lipinski definition) is 4. The second-order valence-electron chi connectivity index (χ2n) is 5.29. The van der Waals surface area contributed by atoms with Gasteiger partial charge in [0.05, 0.1) is 0 Å². The molecule has 0 radical (unpaired) electrons. The molecule has 1 fully saturated rings. The summed E-state index contributed by atoms with van der Waals surface area (Å²) in [6, 6.07) is 6.06. The fourth-order valence-electron chi connectivity index (χ4n) is 2.71. The van der Waals surface area contributed by atoms with E-state index in [2.05, 4.69) is 21.2 Å². The first-order chi connectivity index (χ1) is 10.2. The molecule has 1 aromatic heterocycles. The summed E-state index contributed by atoms with van der Waals surface area (Å²) in [4.78, 5) is 20.0. The van der Waals surface area contributed by atoms with E-state index in [1.807, 2.05) is 30.2 Å². The number of carbonyl (C=O) groups is 1. The van der Waals surface area contributed by atoms with Crippen LogP contribution in [0, 0.1) is 6.92 Å². The number of nitrogens with one attached hydrogen (secondary N) is 1. The number of thioether (sulfide) groups is 1. The van der Waals surface area contributed by atoms with Gasteiger partial charge in [0.15, 0.2) is 0 Å². The predicted octanol–water partition coefficient (Wildman–Crippen LogP) is 2.46. The van der Waals surface area contributed by atoms with Crippen LogP contribution in [-0.2, 0) is 0 Å². The topological polar surface area (TPSA) is 61.9 Å². The van der Waals surface area contributed by atoms with Gasteiger partial charge in [-0.05, 0) is 37.3 Å². The van der Waals surface area contributed by atoms with E-state index < -0.39 is 0 Å². The molecule has 2 aromatic rings. The maximum atomic E-state index is 12.7. The van der Waals surface area contributed by atoms with Gasteiger partial charge in [-0.15, -0.1) is 11.8 Å². The third kappa shape index (κ3) is 2.81. The second-order valence-corrected chi connectivity index (χ2v) is 6.17. The van der Waals surface area contributed by atoms with Gasteiger partial charge in [-0.25, -0.2) is 4.98 Å². The van der Waals surface area contributed by atoms with E-state index in [9.17, 15) is 4.79 Å². The van der Waals surface area contributed by atoms with Crippen LogP contribution in [0.5, 0.6) is 0 Å². The molecule has 1 saturated heterocycles. The molecule has 0 saturated carbocycles. The zero-order valence-corrected chi connectivity index (χ0v) is 13.0. The van der Waals surface area contributed by atoms with Crippen LogP contribution in [0.15, 0.2) is 29.4 Å². The summed E-state index contributed by atoms with van der Waals surface area (Å²) in [6.45, 7) is 3.46. The van der Waals surface area contributed by atoms with E-state index in [0.717, 1.165) is 34.8 Å². The Bertz CT molecular complexity index is 641. The van der Waals surface area contributed by atoms with E-state index >= 15 is 0 Å². The number of carbonyl (C=O) groups excluding carboxylic acids is 1. The van der Waals surface area contributed by atoms with Gasteiger partial charge in [-0.2, -0.15) is 5.10 Å². The number of aromatic nitrogens is 3. The van der Waals surface area contributed by atoms with Gasteiger partial charge in [-0.1, -0.05) is 6.07 Å². The Kier molecular flexibility index (Phi) is 3.96. The molecule has 1 aliphatic rings. The molecule has 5 nitrogen and oxygen atoms in total. The molecule has 0 bridgehead atoms. The van der Waals surface area contributed by atoms with Crippen molar-refractivity contribution in [1.82, 2.24) is 20.1 Å². The van der Waals surface area contributed by atoms with Gasteiger partial charge in [-0.3, -0.25) is 9.89 Å². The number of aryl methyl sites for hydroxylation is 1. The van der Waals surface area contributed by atoms with E-state index in [0.29, 0.717) is 6.54 Å². The SMILES string of the molecule is CSc1ccc(C)c(C(=O)N2CCC(c3ncn[nH]3)C2)c1. The van der Waals surface area contributed by atoms with Gasteiger partial charge in [0.25, 0.3) is 5.91 Å². The van der Waals surface area contributed by atoms with Crippen molar-refractivity contribution in [3.8, 4) is 0 Å². The largest absolute Gasteiger partial charge is 0.338 e. The van der Waals surface area contributed by atoms with Gasteiger partial charge < -0.3 is 4.90 Å². The molecule has 1 atom stereocenters. The van der Waals surface area contributed by atoms with Gasteiger partial charge in [0.1, 0.15) is 12.2 Å². The van der Waals surface area contributed by atoms with E-state index in [-0.39, 0.29) is 11.8 Å². The molecule has 2 heterocycles. The fraction of sp³-hybridized carbons (Fsp3) is 0.400. The molecule has 1 amide bonds. The molecular formula is C15H18N4OS. The molecule has 0 spiro atoms. The Morgan fingerprint density at radius 2 is 2.33 bits per heavy atom. The highest BCUT2D eigenvalue weighted by Crippen LogP contribution is 2.27. The molecule has 1 unspecified atom stereocenters. The first kappa shape index (κ1) is 14.1.